The number of alkyl halides is 3. The summed E-state index contributed by atoms with van der Waals surface area (Å²) < 4.78 is 68.8. The number of rotatable bonds is 9. The topological polar surface area (TPSA) is 100 Å². The van der Waals surface area contributed by atoms with Gasteiger partial charge in [-0.15, -0.1) is 0 Å². The Balaban J connectivity index is 2.22. The molecular formula is C22H22F3NO7. The number of halogens is 3. The molecule has 0 aliphatic rings. The molecule has 0 aliphatic heterocycles. The van der Waals surface area contributed by atoms with Gasteiger partial charge >= 0.3 is 24.2 Å². The molecule has 0 aromatic heterocycles. The van der Waals surface area contributed by atoms with Gasteiger partial charge in [-0.25, -0.2) is 14.4 Å². The molecule has 0 heterocycles. The van der Waals surface area contributed by atoms with Crippen LogP contribution in [0.4, 0.5) is 18.0 Å². The van der Waals surface area contributed by atoms with Crippen LogP contribution in [0.25, 0.3) is 0 Å². The third-order valence-electron chi connectivity index (χ3n) is 4.41. The fourth-order valence-corrected chi connectivity index (χ4v) is 2.76. The quantitative estimate of drug-likeness (QED) is 0.444. The van der Waals surface area contributed by atoms with Crippen LogP contribution < -0.4 is 5.32 Å². The van der Waals surface area contributed by atoms with Gasteiger partial charge in [-0.3, -0.25) is 0 Å². The van der Waals surface area contributed by atoms with Crippen molar-refractivity contribution in [1.82, 2.24) is 5.32 Å². The summed E-state index contributed by atoms with van der Waals surface area (Å²) in [6.45, 7) is -2.24. The number of amides is 1. The molecule has 3 atom stereocenters. The van der Waals surface area contributed by atoms with Crippen molar-refractivity contribution in [3.63, 3.8) is 0 Å². The van der Waals surface area contributed by atoms with Crippen molar-refractivity contribution in [1.29, 1.82) is 0 Å². The lowest BCUT2D eigenvalue weighted by molar-refractivity contribution is -0.278. The van der Waals surface area contributed by atoms with Crippen molar-refractivity contribution in [2.45, 2.75) is 24.5 Å². The van der Waals surface area contributed by atoms with Crippen molar-refractivity contribution in [3.8, 4) is 0 Å². The number of alkyl carbamates (subject to hydrolysis) is 1. The van der Waals surface area contributed by atoms with E-state index in [1.807, 2.05) is 5.32 Å². The van der Waals surface area contributed by atoms with E-state index in [9.17, 15) is 27.6 Å². The summed E-state index contributed by atoms with van der Waals surface area (Å²) in [5.74, 6) is -3.40. The number of esters is 2. The van der Waals surface area contributed by atoms with Crippen molar-refractivity contribution >= 4 is 18.0 Å². The summed E-state index contributed by atoms with van der Waals surface area (Å²) in [6.07, 6.45) is -8.74. The highest BCUT2D eigenvalue weighted by atomic mass is 19.4. The zero-order chi connectivity index (χ0) is 25.4. The predicted octanol–water partition coefficient (Wildman–Crippen LogP) is 3.10. The van der Waals surface area contributed by atoms with Gasteiger partial charge in [-0.2, -0.15) is 13.2 Å². The second-order valence-corrected chi connectivity index (χ2v) is 6.47. The van der Waals surface area contributed by atoms with Gasteiger partial charge in [0.15, 0.2) is 0 Å². The molecule has 0 fully saturated rings. The summed E-state index contributed by atoms with van der Waals surface area (Å²) in [4.78, 5) is 36.9. The minimum Gasteiger partial charge on any atom is -0.466 e. The van der Waals surface area contributed by atoms with Gasteiger partial charge in [0.25, 0.3) is 5.60 Å². The first-order valence-corrected chi connectivity index (χ1v) is 9.42. The molecule has 2 aromatic carbocycles. The molecule has 0 bridgehead atoms. The number of ether oxygens (including phenoxy) is 4. The number of nitrogens with one attached hydrogen (secondary N) is 1. The van der Waals surface area contributed by atoms with Gasteiger partial charge in [0, 0.05) is 12.7 Å². The van der Waals surface area contributed by atoms with Crippen molar-refractivity contribution < 1.29 is 47.9 Å². The van der Waals surface area contributed by atoms with Crippen LogP contribution in [-0.2, 0) is 40.7 Å². The monoisotopic (exact) mass is 470 g/mol. The maximum atomic E-state index is 14.0. The van der Waals surface area contributed by atoms with E-state index in [-0.39, 0.29) is 6.61 Å². The maximum absolute atomic E-state index is 14.0. The normalized spacial score (nSPS) is 15.2. The zero-order valence-corrected chi connectivity index (χ0v) is 17.6. The molecule has 0 aliphatic carbocycles. The van der Waals surface area contributed by atoms with Gasteiger partial charge < -0.3 is 24.3 Å². The van der Waals surface area contributed by atoms with Crippen LogP contribution in [0.15, 0.2) is 60.7 Å². The first-order valence-electron chi connectivity index (χ1n) is 10.00. The summed E-state index contributed by atoms with van der Waals surface area (Å²) in [5, 5.41) is 1.92. The molecular weight excluding hydrogens is 447 g/mol. The Morgan fingerprint density at radius 2 is 1.58 bits per heavy atom. The van der Waals surface area contributed by atoms with Gasteiger partial charge in [0.1, 0.15) is 6.61 Å². The lowest BCUT2D eigenvalue weighted by Crippen LogP contribution is -2.54. The Bertz CT molecular complexity index is 975. The van der Waals surface area contributed by atoms with E-state index < -0.39 is 48.0 Å². The minimum absolute atomic E-state index is 0.184. The first kappa shape index (κ1) is 24.1. The first-order chi connectivity index (χ1) is 16.1. The standard InChI is InChI=1S/C22H22F3NO7/c1-30-18(27)17(13-26-20(29)32-14-15-9-5-3-6-10-15)33-19(28)21(31-2,22(23,24)25)16-11-7-4-8-12-16/h3-12,17H,13-14H2,1-2H3,(H,26,29)/t17-,21+/m0/s1/i13D/t13-,17+,21-/m1. The fourth-order valence-electron chi connectivity index (χ4n) is 2.76. The van der Waals surface area contributed by atoms with Gasteiger partial charge in [0.2, 0.25) is 6.10 Å². The highest BCUT2D eigenvalue weighted by Crippen LogP contribution is 2.43. The molecule has 1 amide bonds. The smallest absolute Gasteiger partial charge is 0.432 e. The molecule has 0 saturated carbocycles. The molecule has 178 valence electrons. The Labute approximate surface area is 189 Å². The van der Waals surface area contributed by atoms with E-state index in [4.69, 9.17) is 10.8 Å². The summed E-state index contributed by atoms with van der Waals surface area (Å²) in [7, 11) is 1.51. The molecule has 0 unspecified atom stereocenters. The van der Waals surface area contributed by atoms with Crippen molar-refractivity contribution in [2.75, 3.05) is 20.7 Å². The van der Waals surface area contributed by atoms with Crippen LogP contribution in [0, 0.1) is 0 Å². The second kappa shape index (κ2) is 11.3. The van der Waals surface area contributed by atoms with E-state index >= 15 is 0 Å². The van der Waals surface area contributed by atoms with E-state index in [0.717, 1.165) is 19.2 Å². The summed E-state index contributed by atoms with van der Waals surface area (Å²) in [5.41, 5.74) is -3.60. The molecule has 0 spiro atoms. The van der Waals surface area contributed by atoms with Crippen LogP contribution in [-0.4, -0.2) is 51.1 Å². The number of carbonyl (C=O) groups is 3. The predicted molar refractivity (Wildman–Crippen MR) is 108 cm³/mol. The molecule has 33 heavy (non-hydrogen) atoms. The summed E-state index contributed by atoms with van der Waals surface area (Å²) >= 11 is 0. The molecule has 0 radical (unpaired) electrons. The van der Waals surface area contributed by atoms with Crippen LogP contribution in [0.1, 0.15) is 12.5 Å². The lowest BCUT2D eigenvalue weighted by Gasteiger charge is -2.33. The van der Waals surface area contributed by atoms with Crippen LogP contribution in [0.2, 0.25) is 0 Å². The van der Waals surface area contributed by atoms with E-state index in [0.29, 0.717) is 12.7 Å². The molecule has 1 N–H and O–H groups in total. The van der Waals surface area contributed by atoms with Gasteiger partial charge in [-0.05, 0) is 5.56 Å². The zero-order valence-electron chi connectivity index (χ0n) is 18.6. The number of methoxy groups -OCH3 is 2. The average molecular weight is 470 g/mol. The van der Waals surface area contributed by atoms with Gasteiger partial charge in [-0.1, -0.05) is 60.7 Å². The van der Waals surface area contributed by atoms with Crippen molar-refractivity contribution in [2.24, 2.45) is 0 Å². The molecule has 0 saturated heterocycles. The van der Waals surface area contributed by atoms with Crippen LogP contribution in [0.5, 0.6) is 0 Å². The SMILES string of the molecule is [2H][C@@H](NC(=O)OCc1ccccc1)[C@H](OC(=O)[C@](OC)(c1ccccc1)C(F)(F)F)C(=O)OC. The lowest BCUT2D eigenvalue weighted by atomic mass is 9.92. The Morgan fingerprint density at radius 3 is 2.09 bits per heavy atom. The summed E-state index contributed by atoms with van der Waals surface area (Å²) in [6, 6.07) is 14.4. The molecule has 2 aromatic rings. The largest absolute Gasteiger partial charge is 0.466 e. The number of hydrogen-bond donors (Lipinski definition) is 1. The Kier molecular flexibility index (Phi) is 8.25. The molecule has 2 rings (SSSR count). The minimum atomic E-state index is -5.31. The molecule has 8 nitrogen and oxygen atoms in total. The maximum Gasteiger partial charge on any atom is 0.432 e. The Morgan fingerprint density at radius 1 is 1.00 bits per heavy atom. The highest BCUT2D eigenvalue weighted by molar-refractivity contribution is 5.86. The van der Waals surface area contributed by atoms with E-state index in [1.165, 1.54) is 18.2 Å². The fraction of sp³-hybridized carbons (Fsp3) is 0.318. The van der Waals surface area contributed by atoms with Crippen molar-refractivity contribution in [3.05, 3.63) is 71.8 Å². The Hall–Kier alpha value is -3.60. The highest BCUT2D eigenvalue weighted by Gasteiger charge is 2.64. The number of benzene rings is 2. The average Bonchev–Trinajstić information content (AvgIpc) is 2.82. The third-order valence-corrected chi connectivity index (χ3v) is 4.41. The van der Waals surface area contributed by atoms with Crippen LogP contribution >= 0.6 is 0 Å². The van der Waals surface area contributed by atoms with Gasteiger partial charge in [0.05, 0.1) is 15.0 Å². The molecule has 11 heteroatoms. The van der Waals surface area contributed by atoms with E-state index in [2.05, 4.69) is 9.47 Å². The number of carbonyl (C=O) groups excluding carboxylic acids is 3. The van der Waals surface area contributed by atoms with E-state index in [1.54, 1.807) is 30.3 Å². The number of hydrogen-bond acceptors (Lipinski definition) is 7. The third kappa shape index (κ3) is 6.22. The van der Waals surface area contributed by atoms with Crippen LogP contribution in [0.3, 0.4) is 0 Å². The second-order valence-electron chi connectivity index (χ2n) is 6.47.